The Morgan fingerprint density at radius 2 is 1.73 bits per heavy atom. The fourth-order valence-corrected chi connectivity index (χ4v) is 1.47. The fourth-order valence-electron chi connectivity index (χ4n) is 1.47. The standard InChI is InChI=1S/C15H12F4N2O/c16-14(17)15(18,19)10-22-13-3-1-12(2-4-13)21-9-11-5-7-20-8-6-11/h1-9,14H,10H2. The summed E-state index contributed by atoms with van der Waals surface area (Å²) in [5.74, 6) is -4.10. The summed E-state index contributed by atoms with van der Waals surface area (Å²) in [6.45, 7) is -1.37. The molecule has 0 spiro atoms. The molecular formula is C15H12F4N2O. The minimum atomic E-state index is -4.17. The van der Waals surface area contributed by atoms with Crippen molar-refractivity contribution in [3.63, 3.8) is 0 Å². The molecule has 0 aliphatic rings. The largest absolute Gasteiger partial charge is 0.487 e. The van der Waals surface area contributed by atoms with Gasteiger partial charge in [0.05, 0.1) is 5.69 Å². The number of rotatable bonds is 6. The third-order valence-corrected chi connectivity index (χ3v) is 2.66. The maximum atomic E-state index is 12.7. The van der Waals surface area contributed by atoms with Crippen LogP contribution >= 0.6 is 0 Å². The van der Waals surface area contributed by atoms with Crippen molar-refractivity contribution in [1.29, 1.82) is 0 Å². The number of aromatic nitrogens is 1. The van der Waals surface area contributed by atoms with Crippen molar-refractivity contribution < 1.29 is 22.3 Å². The zero-order chi connectivity index (χ0) is 16.0. The van der Waals surface area contributed by atoms with E-state index in [1.54, 1.807) is 30.7 Å². The van der Waals surface area contributed by atoms with Crippen molar-refractivity contribution in [2.24, 2.45) is 4.99 Å². The first kappa shape index (κ1) is 15.9. The van der Waals surface area contributed by atoms with E-state index in [-0.39, 0.29) is 5.75 Å². The minimum absolute atomic E-state index is 0.0724. The molecule has 7 heteroatoms. The topological polar surface area (TPSA) is 34.5 Å². The molecular weight excluding hydrogens is 300 g/mol. The van der Waals surface area contributed by atoms with Gasteiger partial charge in [0.15, 0.2) is 6.61 Å². The van der Waals surface area contributed by atoms with E-state index in [1.165, 1.54) is 24.3 Å². The second kappa shape index (κ2) is 7.02. The van der Waals surface area contributed by atoms with Crippen LogP contribution in [0.4, 0.5) is 23.2 Å². The van der Waals surface area contributed by atoms with E-state index < -0.39 is 19.0 Å². The van der Waals surface area contributed by atoms with Gasteiger partial charge in [-0.25, -0.2) is 8.78 Å². The van der Waals surface area contributed by atoms with Gasteiger partial charge in [-0.1, -0.05) is 0 Å². The summed E-state index contributed by atoms with van der Waals surface area (Å²) in [4.78, 5) is 8.05. The number of benzene rings is 1. The lowest BCUT2D eigenvalue weighted by molar-refractivity contribution is -0.148. The predicted molar refractivity (Wildman–Crippen MR) is 74.4 cm³/mol. The van der Waals surface area contributed by atoms with Gasteiger partial charge in [-0.2, -0.15) is 8.78 Å². The molecule has 0 radical (unpaired) electrons. The monoisotopic (exact) mass is 312 g/mol. The number of alkyl halides is 4. The zero-order valence-corrected chi connectivity index (χ0v) is 11.3. The Labute approximate surface area is 124 Å². The molecule has 116 valence electrons. The first-order valence-electron chi connectivity index (χ1n) is 6.30. The molecule has 1 aromatic heterocycles. The highest BCUT2D eigenvalue weighted by molar-refractivity contribution is 5.81. The van der Waals surface area contributed by atoms with Crippen LogP contribution in [0, 0.1) is 0 Å². The Morgan fingerprint density at radius 1 is 1.09 bits per heavy atom. The Balaban J connectivity index is 1.95. The first-order valence-corrected chi connectivity index (χ1v) is 6.30. The highest BCUT2D eigenvalue weighted by Gasteiger charge is 2.41. The van der Waals surface area contributed by atoms with E-state index in [4.69, 9.17) is 0 Å². The second-order valence-electron chi connectivity index (χ2n) is 4.38. The molecule has 3 nitrogen and oxygen atoms in total. The Bertz CT molecular complexity index is 615. The van der Waals surface area contributed by atoms with Gasteiger partial charge in [0, 0.05) is 18.6 Å². The lowest BCUT2D eigenvalue weighted by Gasteiger charge is -2.15. The average molecular weight is 312 g/mol. The molecule has 0 unspecified atom stereocenters. The summed E-state index contributed by atoms with van der Waals surface area (Å²) in [7, 11) is 0. The van der Waals surface area contributed by atoms with Crippen molar-refractivity contribution in [3.8, 4) is 5.75 Å². The average Bonchev–Trinajstić information content (AvgIpc) is 2.53. The van der Waals surface area contributed by atoms with Crippen LogP contribution in [-0.2, 0) is 0 Å². The normalized spacial score (nSPS) is 12.0. The van der Waals surface area contributed by atoms with Gasteiger partial charge >= 0.3 is 12.3 Å². The van der Waals surface area contributed by atoms with Crippen LogP contribution in [0.15, 0.2) is 53.8 Å². The summed E-state index contributed by atoms with van der Waals surface area (Å²) in [5.41, 5.74) is 1.43. The van der Waals surface area contributed by atoms with Gasteiger partial charge in [0.2, 0.25) is 0 Å². The second-order valence-corrected chi connectivity index (χ2v) is 4.38. The van der Waals surface area contributed by atoms with Crippen LogP contribution in [0.3, 0.4) is 0 Å². The maximum absolute atomic E-state index is 12.7. The summed E-state index contributed by atoms with van der Waals surface area (Å²) < 4.78 is 54.1. The van der Waals surface area contributed by atoms with E-state index >= 15 is 0 Å². The van der Waals surface area contributed by atoms with E-state index in [1.807, 2.05) is 0 Å². The van der Waals surface area contributed by atoms with Gasteiger partial charge in [-0.3, -0.25) is 9.98 Å². The number of hydrogen-bond donors (Lipinski definition) is 0. The SMILES string of the molecule is FC(F)C(F)(F)COc1ccc(N=Cc2ccncc2)cc1. The maximum Gasteiger partial charge on any atom is 0.340 e. The van der Waals surface area contributed by atoms with Gasteiger partial charge in [0.25, 0.3) is 0 Å². The van der Waals surface area contributed by atoms with Crippen LogP contribution in [0.1, 0.15) is 5.56 Å². The van der Waals surface area contributed by atoms with E-state index in [0.29, 0.717) is 5.69 Å². The third-order valence-electron chi connectivity index (χ3n) is 2.66. The molecule has 0 amide bonds. The van der Waals surface area contributed by atoms with Crippen molar-refractivity contribution in [2.45, 2.75) is 12.3 Å². The van der Waals surface area contributed by atoms with Crippen LogP contribution in [0.5, 0.6) is 5.75 Å². The number of nitrogens with zero attached hydrogens (tertiary/aromatic N) is 2. The van der Waals surface area contributed by atoms with Crippen LogP contribution < -0.4 is 4.74 Å². The minimum Gasteiger partial charge on any atom is -0.487 e. The van der Waals surface area contributed by atoms with Gasteiger partial charge in [-0.05, 0) is 42.0 Å². The number of pyridine rings is 1. The summed E-state index contributed by atoms with van der Waals surface area (Å²) >= 11 is 0. The van der Waals surface area contributed by atoms with Crippen molar-refractivity contribution in [3.05, 3.63) is 54.4 Å². The lowest BCUT2D eigenvalue weighted by Crippen LogP contribution is -2.33. The lowest BCUT2D eigenvalue weighted by atomic mass is 10.3. The van der Waals surface area contributed by atoms with Crippen LogP contribution in [0.25, 0.3) is 0 Å². The molecule has 2 rings (SSSR count). The highest BCUT2D eigenvalue weighted by atomic mass is 19.3. The molecule has 0 saturated carbocycles. The summed E-state index contributed by atoms with van der Waals surface area (Å²) in [6.07, 6.45) is 1.11. The summed E-state index contributed by atoms with van der Waals surface area (Å²) in [6, 6.07) is 9.39. The molecule has 22 heavy (non-hydrogen) atoms. The van der Waals surface area contributed by atoms with E-state index in [2.05, 4.69) is 14.7 Å². The Kier molecular flexibility index (Phi) is 5.08. The van der Waals surface area contributed by atoms with Gasteiger partial charge < -0.3 is 4.74 Å². The molecule has 0 saturated heterocycles. The number of hydrogen-bond acceptors (Lipinski definition) is 3. The number of aliphatic imine (C=N–C) groups is 1. The van der Waals surface area contributed by atoms with Crippen LogP contribution in [-0.4, -0.2) is 30.2 Å². The molecule has 0 aliphatic heterocycles. The molecule has 2 aromatic rings. The Morgan fingerprint density at radius 3 is 2.32 bits per heavy atom. The quantitative estimate of drug-likeness (QED) is 0.594. The van der Waals surface area contributed by atoms with Gasteiger partial charge in [-0.15, -0.1) is 0 Å². The van der Waals surface area contributed by atoms with E-state index in [0.717, 1.165) is 5.56 Å². The molecule has 0 fully saturated rings. The molecule has 0 N–H and O–H groups in total. The van der Waals surface area contributed by atoms with Gasteiger partial charge in [0.1, 0.15) is 5.75 Å². The van der Waals surface area contributed by atoms with Crippen molar-refractivity contribution in [2.75, 3.05) is 6.61 Å². The molecule has 1 aromatic carbocycles. The van der Waals surface area contributed by atoms with Crippen molar-refractivity contribution >= 4 is 11.9 Å². The smallest absolute Gasteiger partial charge is 0.340 e. The number of halogens is 4. The molecule has 0 atom stereocenters. The highest BCUT2D eigenvalue weighted by Crippen LogP contribution is 2.25. The molecule has 0 bridgehead atoms. The zero-order valence-electron chi connectivity index (χ0n) is 11.3. The van der Waals surface area contributed by atoms with Crippen LogP contribution in [0.2, 0.25) is 0 Å². The predicted octanol–water partition coefficient (Wildman–Crippen LogP) is 4.11. The summed E-state index contributed by atoms with van der Waals surface area (Å²) in [5, 5.41) is 0. The Hall–Kier alpha value is -2.44. The first-order chi connectivity index (χ1) is 10.5. The number of ether oxygens (including phenoxy) is 1. The third kappa shape index (κ3) is 4.54. The molecule has 0 aliphatic carbocycles. The fraction of sp³-hybridized carbons (Fsp3) is 0.200. The molecule has 1 heterocycles. The van der Waals surface area contributed by atoms with E-state index in [9.17, 15) is 17.6 Å². The van der Waals surface area contributed by atoms with Crippen molar-refractivity contribution in [1.82, 2.24) is 4.98 Å².